The van der Waals surface area contributed by atoms with Crippen molar-refractivity contribution in [3.8, 4) is 0 Å². The third-order valence-electron chi connectivity index (χ3n) is 2.77. The fourth-order valence-corrected chi connectivity index (χ4v) is 1.86. The summed E-state index contributed by atoms with van der Waals surface area (Å²) in [4.78, 5) is 10.8. The Bertz CT molecular complexity index is 455. The molecule has 0 saturated heterocycles. The summed E-state index contributed by atoms with van der Waals surface area (Å²) >= 11 is 0. The first-order chi connectivity index (χ1) is 9.34. The molecule has 0 amide bonds. The van der Waals surface area contributed by atoms with Gasteiger partial charge >= 0.3 is 5.69 Å². The van der Waals surface area contributed by atoms with Gasteiger partial charge in [0, 0.05) is 26.1 Å². The molecule has 0 unspecified atom stereocenters. The molecule has 0 bridgehead atoms. The quantitative estimate of drug-likeness (QED) is 0.450. The zero-order valence-corrected chi connectivity index (χ0v) is 12.8. The number of nitrogens with zero attached hydrogens (tertiary/aromatic N) is 3. The zero-order chi connectivity index (χ0) is 15.3. The van der Waals surface area contributed by atoms with Crippen molar-refractivity contribution in [3.05, 3.63) is 15.8 Å². The second kappa shape index (κ2) is 7.23. The lowest BCUT2D eigenvalue weighted by molar-refractivity contribution is -0.384. The van der Waals surface area contributed by atoms with E-state index in [4.69, 9.17) is 4.74 Å². The number of aryl methyl sites for hydroxylation is 1. The number of nitrogens with one attached hydrogen (secondary N) is 1. The molecule has 0 atom stereocenters. The molecule has 20 heavy (non-hydrogen) atoms. The predicted octanol–water partition coefficient (Wildman–Crippen LogP) is 2.54. The number of aromatic nitrogens is 2. The van der Waals surface area contributed by atoms with Crippen LogP contribution in [0, 0.1) is 16.0 Å². The molecular weight excluding hydrogens is 260 g/mol. The smallest absolute Gasteiger partial charge is 0.334 e. The summed E-state index contributed by atoms with van der Waals surface area (Å²) in [6.45, 7) is 9.66. The highest BCUT2D eigenvalue weighted by Gasteiger charge is 2.28. The van der Waals surface area contributed by atoms with Crippen molar-refractivity contribution in [1.29, 1.82) is 0 Å². The molecule has 1 rings (SSSR count). The van der Waals surface area contributed by atoms with Gasteiger partial charge < -0.3 is 10.1 Å². The molecule has 1 heterocycles. The van der Waals surface area contributed by atoms with E-state index in [1.165, 1.54) is 4.68 Å². The Kier molecular flexibility index (Phi) is 5.94. The van der Waals surface area contributed by atoms with Gasteiger partial charge in [0.1, 0.15) is 5.69 Å². The van der Waals surface area contributed by atoms with Gasteiger partial charge in [0.2, 0.25) is 5.82 Å². The SMILES string of the molecule is CC(C)COCCNc1c([N+](=O)[O-])c(C(C)C)nn1C. The van der Waals surface area contributed by atoms with Gasteiger partial charge in [0.05, 0.1) is 11.5 Å². The van der Waals surface area contributed by atoms with Crippen molar-refractivity contribution in [1.82, 2.24) is 9.78 Å². The summed E-state index contributed by atoms with van der Waals surface area (Å²) in [6.07, 6.45) is 0. The molecule has 1 aromatic heterocycles. The Hall–Kier alpha value is -1.63. The first kappa shape index (κ1) is 16.4. The fourth-order valence-electron chi connectivity index (χ4n) is 1.86. The number of rotatable bonds is 8. The maximum Gasteiger partial charge on any atom is 0.334 e. The van der Waals surface area contributed by atoms with Gasteiger partial charge in [-0.2, -0.15) is 5.10 Å². The van der Waals surface area contributed by atoms with Crippen molar-refractivity contribution in [2.24, 2.45) is 13.0 Å². The second-order valence-corrected chi connectivity index (χ2v) is 5.51. The number of ether oxygens (including phenoxy) is 1. The molecule has 7 heteroatoms. The van der Waals surface area contributed by atoms with Crippen LogP contribution in [0.1, 0.15) is 39.3 Å². The number of hydrogen-bond acceptors (Lipinski definition) is 5. The summed E-state index contributed by atoms with van der Waals surface area (Å²) in [5.41, 5.74) is 0.564. The Balaban J connectivity index is 2.72. The molecule has 0 aliphatic carbocycles. The summed E-state index contributed by atoms with van der Waals surface area (Å²) in [5, 5.41) is 18.5. The fraction of sp³-hybridized carbons (Fsp3) is 0.769. The van der Waals surface area contributed by atoms with Crippen LogP contribution in [0.15, 0.2) is 0 Å². The van der Waals surface area contributed by atoms with Gasteiger partial charge in [0.25, 0.3) is 0 Å². The van der Waals surface area contributed by atoms with Gasteiger partial charge in [0.15, 0.2) is 0 Å². The lowest BCUT2D eigenvalue weighted by Crippen LogP contribution is -2.14. The Morgan fingerprint density at radius 1 is 1.40 bits per heavy atom. The second-order valence-electron chi connectivity index (χ2n) is 5.51. The average Bonchev–Trinajstić information content (AvgIpc) is 2.66. The van der Waals surface area contributed by atoms with E-state index in [0.29, 0.717) is 37.2 Å². The summed E-state index contributed by atoms with van der Waals surface area (Å²) < 4.78 is 6.97. The Morgan fingerprint density at radius 3 is 2.55 bits per heavy atom. The van der Waals surface area contributed by atoms with Crippen LogP contribution in [0.2, 0.25) is 0 Å². The molecule has 0 aliphatic heterocycles. The minimum Gasteiger partial charge on any atom is -0.379 e. The summed E-state index contributed by atoms with van der Waals surface area (Å²) in [6, 6.07) is 0. The summed E-state index contributed by atoms with van der Waals surface area (Å²) in [5.74, 6) is 0.926. The van der Waals surface area contributed by atoms with Gasteiger partial charge in [-0.1, -0.05) is 27.7 Å². The molecule has 0 fully saturated rings. The van der Waals surface area contributed by atoms with Crippen LogP contribution in [-0.4, -0.2) is 34.5 Å². The monoisotopic (exact) mass is 284 g/mol. The largest absolute Gasteiger partial charge is 0.379 e. The van der Waals surface area contributed by atoms with E-state index < -0.39 is 0 Å². The van der Waals surface area contributed by atoms with Crippen LogP contribution in [0.5, 0.6) is 0 Å². The van der Waals surface area contributed by atoms with Crippen LogP contribution >= 0.6 is 0 Å². The first-order valence-electron chi connectivity index (χ1n) is 6.87. The van der Waals surface area contributed by atoms with E-state index in [9.17, 15) is 10.1 Å². The van der Waals surface area contributed by atoms with Crippen LogP contribution in [0.4, 0.5) is 11.5 Å². The molecule has 0 spiro atoms. The van der Waals surface area contributed by atoms with Crippen LogP contribution in [-0.2, 0) is 11.8 Å². The topological polar surface area (TPSA) is 82.2 Å². The first-order valence-corrected chi connectivity index (χ1v) is 6.87. The number of anilines is 1. The van der Waals surface area contributed by atoms with E-state index in [1.54, 1.807) is 7.05 Å². The average molecular weight is 284 g/mol. The van der Waals surface area contributed by atoms with Gasteiger partial charge in [-0.3, -0.25) is 10.1 Å². The summed E-state index contributed by atoms with van der Waals surface area (Å²) in [7, 11) is 1.70. The number of hydrogen-bond donors (Lipinski definition) is 1. The zero-order valence-electron chi connectivity index (χ0n) is 12.8. The molecule has 0 saturated carbocycles. The van der Waals surface area contributed by atoms with Gasteiger partial charge in [-0.25, -0.2) is 4.68 Å². The maximum absolute atomic E-state index is 11.2. The van der Waals surface area contributed by atoms with Crippen LogP contribution in [0.3, 0.4) is 0 Å². The molecule has 114 valence electrons. The lowest BCUT2D eigenvalue weighted by Gasteiger charge is -2.08. The van der Waals surface area contributed by atoms with E-state index in [2.05, 4.69) is 24.3 Å². The van der Waals surface area contributed by atoms with Gasteiger partial charge in [-0.15, -0.1) is 0 Å². The molecule has 0 aliphatic rings. The Labute approximate surface area is 119 Å². The highest BCUT2D eigenvalue weighted by molar-refractivity contribution is 5.60. The van der Waals surface area contributed by atoms with Crippen molar-refractivity contribution in [2.75, 3.05) is 25.1 Å². The van der Waals surface area contributed by atoms with Crippen molar-refractivity contribution in [3.63, 3.8) is 0 Å². The minimum absolute atomic E-state index is 0.00865. The lowest BCUT2D eigenvalue weighted by atomic mass is 10.1. The maximum atomic E-state index is 11.2. The van der Waals surface area contributed by atoms with E-state index in [-0.39, 0.29) is 16.5 Å². The molecule has 0 aromatic carbocycles. The van der Waals surface area contributed by atoms with E-state index in [0.717, 1.165) is 0 Å². The third kappa shape index (κ3) is 4.19. The predicted molar refractivity (Wildman–Crippen MR) is 78.1 cm³/mol. The van der Waals surface area contributed by atoms with Crippen LogP contribution in [0.25, 0.3) is 0 Å². The standard InChI is InChI=1S/C13H24N4O3/c1-9(2)8-20-7-6-14-13-12(17(18)19)11(10(3)4)15-16(13)5/h9-10,14H,6-8H2,1-5H3. The van der Waals surface area contributed by atoms with E-state index >= 15 is 0 Å². The molecule has 1 aromatic rings. The van der Waals surface area contributed by atoms with Crippen molar-refractivity contribution < 1.29 is 9.66 Å². The van der Waals surface area contributed by atoms with Crippen molar-refractivity contribution >= 4 is 11.5 Å². The molecular formula is C13H24N4O3. The van der Waals surface area contributed by atoms with E-state index in [1.807, 2.05) is 13.8 Å². The third-order valence-corrected chi connectivity index (χ3v) is 2.77. The Morgan fingerprint density at radius 2 is 2.05 bits per heavy atom. The molecule has 1 N–H and O–H groups in total. The highest BCUT2D eigenvalue weighted by Crippen LogP contribution is 2.32. The molecule has 0 radical (unpaired) electrons. The normalized spacial score (nSPS) is 11.3. The highest BCUT2D eigenvalue weighted by atomic mass is 16.6. The van der Waals surface area contributed by atoms with Crippen molar-refractivity contribution in [2.45, 2.75) is 33.6 Å². The van der Waals surface area contributed by atoms with Gasteiger partial charge in [-0.05, 0) is 5.92 Å². The molecule has 7 nitrogen and oxygen atoms in total. The van der Waals surface area contributed by atoms with Crippen LogP contribution < -0.4 is 5.32 Å². The minimum atomic E-state index is -0.375. The number of nitro groups is 1.